The highest BCUT2D eigenvalue weighted by atomic mass is 127. The Morgan fingerprint density at radius 3 is 2.60 bits per heavy atom. The van der Waals surface area contributed by atoms with E-state index in [0.717, 1.165) is 23.8 Å². The minimum absolute atomic E-state index is 0. The predicted octanol–water partition coefficient (Wildman–Crippen LogP) is 1.91. The van der Waals surface area contributed by atoms with Crippen LogP contribution in [-0.4, -0.2) is 68.6 Å². The number of methoxy groups -OCH3 is 1. The summed E-state index contributed by atoms with van der Waals surface area (Å²) in [6.45, 7) is 5.16. The molecule has 11 heteroatoms. The maximum absolute atomic E-state index is 12.6. The summed E-state index contributed by atoms with van der Waals surface area (Å²) in [5, 5.41) is 7.00. The Kier molecular flexibility index (Phi) is 9.37. The molecule has 0 amide bonds. The highest BCUT2D eigenvalue weighted by Gasteiger charge is 2.29. The largest absolute Gasteiger partial charge is 0.496 e. The lowest BCUT2D eigenvalue weighted by Gasteiger charge is -2.35. The van der Waals surface area contributed by atoms with Gasteiger partial charge in [-0.05, 0) is 13.0 Å². The van der Waals surface area contributed by atoms with Gasteiger partial charge in [-0.25, -0.2) is 13.4 Å². The first kappa shape index (κ1) is 24.4. The van der Waals surface area contributed by atoms with E-state index in [9.17, 15) is 8.42 Å². The van der Waals surface area contributed by atoms with Gasteiger partial charge in [0.15, 0.2) is 5.96 Å². The van der Waals surface area contributed by atoms with Gasteiger partial charge in [0.25, 0.3) is 0 Å². The van der Waals surface area contributed by atoms with Crippen molar-refractivity contribution in [2.45, 2.75) is 19.2 Å². The second-order valence-electron chi connectivity index (χ2n) is 6.62. The Labute approximate surface area is 194 Å². The normalized spacial score (nSPS) is 15.5. The van der Waals surface area contributed by atoms with E-state index in [0.29, 0.717) is 38.4 Å². The summed E-state index contributed by atoms with van der Waals surface area (Å²) in [6.07, 6.45) is 1.38. The molecular weight excluding hydrogens is 521 g/mol. The molecule has 0 bridgehead atoms. The molecular formula is C19H28IN5O4S. The van der Waals surface area contributed by atoms with Crippen molar-refractivity contribution in [2.24, 2.45) is 4.99 Å². The number of sulfonamides is 1. The molecule has 2 heterocycles. The molecule has 1 saturated heterocycles. The van der Waals surface area contributed by atoms with E-state index < -0.39 is 10.0 Å². The molecule has 1 N–H and O–H groups in total. The molecule has 2 aromatic rings. The lowest BCUT2D eigenvalue weighted by molar-refractivity contribution is 0.259. The Morgan fingerprint density at radius 1 is 1.23 bits per heavy atom. The number of nitrogens with one attached hydrogen (secondary N) is 1. The smallest absolute Gasteiger partial charge is 0.220 e. The first-order valence-electron chi connectivity index (χ1n) is 9.55. The fourth-order valence-electron chi connectivity index (χ4n) is 3.19. The number of nitrogens with zero attached hydrogens (tertiary/aromatic N) is 4. The van der Waals surface area contributed by atoms with E-state index in [-0.39, 0.29) is 29.7 Å². The van der Waals surface area contributed by atoms with Gasteiger partial charge in [0.1, 0.15) is 17.8 Å². The number of guanidine groups is 1. The van der Waals surface area contributed by atoms with Crippen LogP contribution in [-0.2, 0) is 22.3 Å². The Balaban J connectivity index is 0.00000320. The average molecular weight is 549 g/mol. The van der Waals surface area contributed by atoms with Crippen molar-refractivity contribution in [1.29, 1.82) is 0 Å². The van der Waals surface area contributed by atoms with Crippen molar-refractivity contribution in [3.63, 3.8) is 0 Å². The SMILES string of the molecule is CCNC(=NCc1ccccc1OC)N1CCN(S(=O)(=O)Cc2ccon2)CC1.I. The Hall–Kier alpha value is -1.86. The Morgan fingerprint density at radius 2 is 1.97 bits per heavy atom. The molecule has 1 aliphatic heterocycles. The van der Waals surface area contributed by atoms with Gasteiger partial charge < -0.3 is 19.5 Å². The molecule has 0 spiro atoms. The minimum atomic E-state index is -3.42. The van der Waals surface area contributed by atoms with Crippen LogP contribution in [0.5, 0.6) is 5.75 Å². The van der Waals surface area contributed by atoms with Crippen molar-refractivity contribution in [3.8, 4) is 5.75 Å². The summed E-state index contributed by atoms with van der Waals surface area (Å²) in [5.41, 5.74) is 1.42. The molecule has 1 aromatic heterocycles. The van der Waals surface area contributed by atoms with Crippen LogP contribution in [0.3, 0.4) is 0 Å². The van der Waals surface area contributed by atoms with Crippen LogP contribution in [0.15, 0.2) is 46.1 Å². The van der Waals surface area contributed by atoms with Crippen molar-refractivity contribution in [3.05, 3.63) is 47.9 Å². The molecule has 1 aromatic carbocycles. The fourth-order valence-corrected chi connectivity index (χ4v) is 4.61. The molecule has 0 aliphatic carbocycles. The topological polar surface area (TPSA) is 100 Å². The molecule has 3 rings (SSSR count). The molecule has 0 unspecified atom stereocenters. The number of halogens is 1. The van der Waals surface area contributed by atoms with E-state index in [2.05, 4.69) is 15.4 Å². The van der Waals surface area contributed by atoms with Crippen LogP contribution < -0.4 is 10.1 Å². The van der Waals surface area contributed by atoms with Crippen LogP contribution >= 0.6 is 24.0 Å². The first-order chi connectivity index (χ1) is 14.0. The van der Waals surface area contributed by atoms with Gasteiger partial charge in [-0.15, -0.1) is 24.0 Å². The Bertz CT molecular complexity index is 913. The standard InChI is InChI=1S/C19H27N5O4S.HI/c1-3-20-19(21-14-16-6-4-5-7-18(16)27-2)23-9-11-24(12-10-23)29(25,26)15-17-8-13-28-22-17;/h4-8,13H,3,9-12,14-15H2,1-2H3,(H,20,21);1H. The molecule has 9 nitrogen and oxygen atoms in total. The monoisotopic (exact) mass is 549 g/mol. The first-order valence-corrected chi connectivity index (χ1v) is 11.2. The van der Waals surface area contributed by atoms with Gasteiger partial charge in [-0.1, -0.05) is 23.4 Å². The summed E-state index contributed by atoms with van der Waals surface area (Å²) < 4.78 is 36.8. The maximum atomic E-state index is 12.6. The van der Waals surface area contributed by atoms with Crippen molar-refractivity contribution >= 4 is 40.0 Å². The zero-order valence-electron chi connectivity index (χ0n) is 17.2. The molecule has 166 valence electrons. The number of ether oxygens (including phenoxy) is 1. The summed E-state index contributed by atoms with van der Waals surface area (Å²) in [6, 6.07) is 9.35. The van der Waals surface area contributed by atoms with Gasteiger partial charge in [0, 0.05) is 44.4 Å². The van der Waals surface area contributed by atoms with Gasteiger partial charge in [0.05, 0.1) is 19.3 Å². The van der Waals surface area contributed by atoms with Crippen molar-refractivity contribution in [2.75, 3.05) is 39.8 Å². The molecule has 30 heavy (non-hydrogen) atoms. The van der Waals surface area contributed by atoms with Crippen molar-refractivity contribution < 1.29 is 17.7 Å². The molecule has 1 aliphatic rings. The van der Waals surface area contributed by atoms with Crippen LogP contribution in [0.1, 0.15) is 18.2 Å². The molecule has 0 radical (unpaired) electrons. The number of piperazine rings is 1. The quantitative estimate of drug-likeness (QED) is 0.320. The van der Waals surface area contributed by atoms with Crippen LogP contribution in [0.4, 0.5) is 0 Å². The van der Waals surface area contributed by atoms with Gasteiger partial charge >= 0.3 is 0 Å². The molecule has 0 atom stereocenters. The lowest BCUT2D eigenvalue weighted by atomic mass is 10.2. The second kappa shape index (κ2) is 11.5. The van der Waals surface area contributed by atoms with Gasteiger partial charge in [0.2, 0.25) is 10.0 Å². The highest BCUT2D eigenvalue weighted by molar-refractivity contribution is 14.0. The molecule has 0 saturated carbocycles. The van der Waals surface area contributed by atoms with Crippen LogP contribution in [0, 0.1) is 0 Å². The predicted molar refractivity (Wildman–Crippen MR) is 125 cm³/mol. The average Bonchev–Trinajstić information content (AvgIpc) is 3.23. The zero-order chi connectivity index (χ0) is 20.7. The minimum Gasteiger partial charge on any atom is -0.496 e. The number of para-hydroxylation sites is 1. The number of rotatable bonds is 7. The van der Waals surface area contributed by atoms with E-state index >= 15 is 0 Å². The lowest BCUT2D eigenvalue weighted by Crippen LogP contribution is -2.53. The second-order valence-corrected chi connectivity index (χ2v) is 8.58. The highest BCUT2D eigenvalue weighted by Crippen LogP contribution is 2.18. The van der Waals surface area contributed by atoms with E-state index in [1.165, 1.54) is 10.6 Å². The van der Waals surface area contributed by atoms with Gasteiger partial charge in [-0.2, -0.15) is 4.31 Å². The van der Waals surface area contributed by atoms with Crippen molar-refractivity contribution in [1.82, 2.24) is 19.7 Å². The van der Waals surface area contributed by atoms with E-state index in [4.69, 9.17) is 14.3 Å². The molecule has 1 fully saturated rings. The van der Waals surface area contributed by atoms with E-state index in [1.54, 1.807) is 13.2 Å². The number of hydrogen-bond acceptors (Lipinski definition) is 6. The summed E-state index contributed by atoms with van der Waals surface area (Å²) >= 11 is 0. The zero-order valence-corrected chi connectivity index (χ0v) is 20.3. The summed E-state index contributed by atoms with van der Waals surface area (Å²) in [7, 11) is -1.78. The summed E-state index contributed by atoms with van der Waals surface area (Å²) in [5.74, 6) is 1.42. The van der Waals surface area contributed by atoms with Crippen LogP contribution in [0.2, 0.25) is 0 Å². The third-order valence-corrected chi connectivity index (χ3v) is 6.49. The van der Waals surface area contributed by atoms with Crippen LogP contribution in [0.25, 0.3) is 0 Å². The number of aliphatic imine (C=N–C) groups is 1. The fraction of sp³-hybridized carbons (Fsp3) is 0.474. The number of aromatic nitrogens is 1. The number of benzene rings is 1. The number of hydrogen-bond donors (Lipinski definition) is 1. The third-order valence-electron chi connectivity index (χ3n) is 4.68. The van der Waals surface area contributed by atoms with Gasteiger partial charge in [-0.3, -0.25) is 0 Å². The third kappa shape index (κ3) is 6.32. The summed E-state index contributed by atoms with van der Waals surface area (Å²) in [4.78, 5) is 6.81. The maximum Gasteiger partial charge on any atom is 0.220 e. The van der Waals surface area contributed by atoms with E-state index in [1.807, 2.05) is 31.2 Å².